The second-order valence-electron chi connectivity index (χ2n) is 7.90. The van der Waals surface area contributed by atoms with Gasteiger partial charge in [-0.25, -0.2) is 4.39 Å². The van der Waals surface area contributed by atoms with Crippen molar-refractivity contribution in [2.75, 3.05) is 44.7 Å². The van der Waals surface area contributed by atoms with Crippen LogP contribution >= 0.6 is 11.6 Å². The van der Waals surface area contributed by atoms with Crippen LogP contribution < -0.4 is 9.64 Å². The number of benzene rings is 2. The number of methoxy groups -OCH3 is 1. The summed E-state index contributed by atoms with van der Waals surface area (Å²) in [6.45, 7) is 3.63. The molecule has 1 saturated heterocycles. The monoisotopic (exact) mass is 431 g/mol. The average Bonchev–Trinajstić information content (AvgIpc) is 3.61. The Morgan fingerprint density at radius 1 is 1.13 bits per heavy atom. The fourth-order valence-corrected chi connectivity index (χ4v) is 4.14. The lowest BCUT2D eigenvalue weighted by molar-refractivity contribution is -0.133. The van der Waals surface area contributed by atoms with E-state index in [0.29, 0.717) is 42.8 Å². The first-order valence-corrected chi connectivity index (χ1v) is 10.8. The molecule has 1 heterocycles. The van der Waals surface area contributed by atoms with E-state index in [-0.39, 0.29) is 11.7 Å². The Morgan fingerprint density at radius 2 is 1.83 bits per heavy atom. The van der Waals surface area contributed by atoms with E-state index in [0.717, 1.165) is 37.4 Å². The number of anilines is 1. The fourth-order valence-electron chi connectivity index (χ4n) is 3.92. The first-order chi connectivity index (χ1) is 14.5. The van der Waals surface area contributed by atoms with Crippen LogP contribution in [-0.4, -0.2) is 61.6 Å². The first-order valence-electron chi connectivity index (χ1n) is 10.4. The molecule has 0 atom stereocenters. The number of halogens is 2. The lowest BCUT2D eigenvalue weighted by Gasteiger charge is -2.37. The lowest BCUT2D eigenvalue weighted by atomic mass is 10.2. The molecule has 0 N–H and O–H groups in total. The molecule has 0 spiro atoms. The molecule has 2 aromatic rings. The van der Waals surface area contributed by atoms with Gasteiger partial charge >= 0.3 is 0 Å². The zero-order chi connectivity index (χ0) is 21.1. The standard InChI is InChI=1S/C23H27ClFN3O2/c1-30-19-9-7-17(8-10-19)26-11-13-27(14-12-26)23(29)16-28(18-5-6-18)15-20-21(24)3-2-4-22(20)25/h2-4,7-10,18H,5-6,11-16H2,1H3. The highest BCUT2D eigenvalue weighted by Gasteiger charge is 2.33. The third kappa shape index (κ3) is 4.87. The Bertz CT molecular complexity index is 860. The Kier molecular flexibility index (Phi) is 6.44. The maximum absolute atomic E-state index is 14.2. The van der Waals surface area contributed by atoms with Crippen LogP contribution in [0.2, 0.25) is 5.02 Å². The zero-order valence-electron chi connectivity index (χ0n) is 17.2. The number of piperazine rings is 1. The van der Waals surface area contributed by atoms with Gasteiger partial charge in [0, 0.05) is 55.0 Å². The quantitative estimate of drug-likeness (QED) is 0.668. The van der Waals surface area contributed by atoms with Crippen molar-refractivity contribution < 1.29 is 13.9 Å². The highest BCUT2D eigenvalue weighted by molar-refractivity contribution is 6.31. The van der Waals surface area contributed by atoms with Crippen molar-refractivity contribution in [3.63, 3.8) is 0 Å². The second kappa shape index (κ2) is 9.23. The SMILES string of the molecule is COc1ccc(N2CCN(C(=O)CN(Cc3c(F)cccc3Cl)C3CC3)CC2)cc1. The highest BCUT2D eigenvalue weighted by Crippen LogP contribution is 2.30. The summed E-state index contributed by atoms with van der Waals surface area (Å²) in [6, 6.07) is 13.1. The van der Waals surface area contributed by atoms with Crippen LogP contribution in [0.5, 0.6) is 5.75 Å². The maximum atomic E-state index is 14.2. The van der Waals surface area contributed by atoms with Gasteiger partial charge in [-0.05, 0) is 49.2 Å². The third-order valence-electron chi connectivity index (χ3n) is 5.89. The van der Waals surface area contributed by atoms with E-state index >= 15 is 0 Å². The molecular weight excluding hydrogens is 405 g/mol. The molecule has 1 amide bonds. The van der Waals surface area contributed by atoms with Crippen LogP contribution in [0.1, 0.15) is 18.4 Å². The molecule has 1 saturated carbocycles. The van der Waals surface area contributed by atoms with Crippen LogP contribution in [0, 0.1) is 5.82 Å². The summed E-state index contributed by atoms with van der Waals surface area (Å²) >= 11 is 6.20. The van der Waals surface area contributed by atoms with Crippen LogP contribution in [0.3, 0.4) is 0 Å². The minimum absolute atomic E-state index is 0.101. The number of carbonyl (C=O) groups is 1. The third-order valence-corrected chi connectivity index (χ3v) is 6.25. The van der Waals surface area contributed by atoms with Crippen LogP contribution in [0.25, 0.3) is 0 Å². The number of hydrogen-bond acceptors (Lipinski definition) is 4. The lowest BCUT2D eigenvalue weighted by Crippen LogP contribution is -2.51. The summed E-state index contributed by atoms with van der Waals surface area (Å²) in [7, 11) is 1.66. The van der Waals surface area contributed by atoms with Crippen LogP contribution in [0.15, 0.2) is 42.5 Å². The highest BCUT2D eigenvalue weighted by atomic mass is 35.5. The smallest absolute Gasteiger partial charge is 0.236 e. The largest absolute Gasteiger partial charge is 0.497 e. The molecule has 2 fully saturated rings. The Morgan fingerprint density at radius 3 is 2.43 bits per heavy atom. The van der Waals surface area contributed by atoms with Crippen molar-refractivity contribution in [3.8, 4) is 5.75 Å². The summed E-state index contributed by atoms with van der Waals surface area (Å²) in [4.78, 5) is 19.2. The van der Waals surface area contributed by atoms with Gasteiger partial charge in [-0.15, -0.1) is 0 Å². The Labute approximate surface area is 182 Å². The molecule has 1 aliphatic carbocycles. The number of hydrogen-bond donors (Lipinski definition) is 0. The molecule has 0 bridgehead atoms. The number of amides is 1. The van der Waals surface area contributed by atoms with Crippen molar-refractivity contribution >= 4 is 23.2 Å². The van der Waals surface area contributed by atoms with Gasteiger partial charge in [0.1, 0.15) is 11.6 Å². The average molecular weight is 432 g/mol. The maximum Gasteiger partial charge on any atom is 0.236 e. The molecule has 0 unspecified atom stereocenters. The predicted octanol–water partition coefficient (Wildman–Crippen LogP) is 3.80. The second-order valence-corrected chi connectivity index (χ2v) is 8.31. The predicted molar refractivity (Wildman–Crippen MR) is 117 cm³/mol. The van der Waals surface area contributed by atoms with Crippen LogP contribution in [-0.2, 0) is 11.3 Å². The normalized spacial score (nSPS) is 16.8. The fraction of sp³-hybridized carbons (Fsp3) is 0.435. The molecule has 5 nitrogen and oxygen atoms in total. The summed E-state index contributed by atoms with van der Waals surface area (Å²) in [5.41, 5.74) is 1.61. The molecule has 0 aromatic heterocycles. The number of nitrogens with zero attached hydrogens (tertiary/aromatic N) is 3. The molecule has 1 aliphatic heterocycles. The van der Waals surface area contributed by atoms with Gasteiger partial charge in [-0.3, -0.25) is 9.69 Å². The van der Waals surface area contributed by atoms with E-state index in [1.165, 1.54) is 6.07 Å². The van der Waals surface area contributed by atoms with Gasteiger partial charge in [-0.2, -0.15) is 0 Å². The van der Waals surface area contributed by atoms with Crippen LogP contribution in [0.4, 0.5) is 10.1 Å². The Hall–Kier alpha value is -2.31. The van der Waals surface area contributed by atoms with Crippen molar-refractivity contribution in [1.82, 2.24) is 9.80 Å². The van der Waals surface area contributed by atoms with Gasteiger partial charge in [0.25, 0.3) is 0 Å². The molecule has 7 heteroatoms. The van der Waals surface area contributed by atoms with E-state index in [9.17, 15) is 9.18 Å². The van der Waals surface area contributed by atoms with Gasteiger partial charge in [0.2, 0.25) is 5.91 Å². The minimum Gasteiger partial charge on any atom is -0.497 e. The molecule has 2 aliphatic rings. The van der Waals surface area contributed by atoms with Gasteiger partial charge in [0.15, 0.2) is 0 Å². The van der Waals surface area contributed by atoms with E-state index in [2.05, 4.69) is 9.80 Å². The van der Waals surface area contributed by atoms with Crippen molar-refractivity contribution in [3.05, 3.63) is 58.9 Å². The molecular formula is C23H27ClFN3O2. The summed E-state index contributed by atoms with van der Waals surface area (Å²) in [5.74, 6) is 0.625. The number of carbonyl (C=O) groups excluding carboxylic acids is 1. The van der Waals surface area contributed by atoms with Gasteiger partial charge in [-0.1, -0.05) is 17.7 Å². The number of rotatable bonds is 7. The Balaban J connectivity index is 1.34. The van der Waals surface area contributed by atoms with Gasteiger partial charge < -0.3 is 14.5 Å². The molecule has 0 radical (unpaired) electrons. The molecule has 160 valence electrons. The van der Waals surface area contributed by atoms with E-state index in [4.69, 9.17) is 16.3 Å². The zero-order valence-corrected chi connectivity index (χ0v) is 17.9. The summed E-state index contributed by atoms with van der Waals surface area (Å²) in [6.07, 6.45) is 2.09. The molecule has 2 aromatic carbocycles. The number of ether oxygens (including phenoxy) is 1. The van der Waals surface area contributed by atoms with Gasteiger partial charge in [0.05, 0.1) is 13.7 Å². The molecule has 30 heavy (non-hydrogen) atoms. The van der Waals surface area contributed by atoms with Crippen molar-refractivity contribution in [2.45, 2.75) is 25.4 Å². The van der Waals surface area contributed by atoms with Crippen molar-refractivity contribution in [1.29, 1.82) is 0 Å². The van der Waals surface area contributed by atoms with E-state index < -0.39 is 0 Å². The first kappa shape index (κ1) is 20.9. The van der Waals surface area contributed by atoms with E-state index in [1.807, 2.05) is 29.2 Å². The minimum atomic E-state index is -0.311. The molecule has 4 rings (SSSR count). The topological polar surface area (TPSA) is 36.0 Å². The van der Waals surface area contributed by atoms with E-state index in [1.54, 1.807) is 19.2 Å². The van der Waals surface area contributed by atoms with Crippen molar-refractivity contribution in [2.24, 2.45) is 0 Å². The summed E-state index contributed by atoms with van der Waals surface area (Å²) in [5, 5.41) is 0.418. The summed E-state index contributed by atoms with van der Waals surface area (Å²) < 4.78 is 19.4.